The second kappa shape index (κ2) is 8.10. The highest BCUT2D eigenvalue weighted by Crippen LogP contribution is 2.10. The van der Waals surface area contributed by atoms with Gasteiger partial charge in [-0.1, -0.05) is 18.2 Å². The predicted molar refractivity (Wildman–Crippen MR) is 113 cm³/mol. The molecule has 1 aromatic carbocycles. The molecule has 0 unspecified atom stereocenters. The molecule has 0 bridgehead atoms. The fourth-order valence-corrected chi connectivity index (χ4v) is 3.07. The summed E-state index contributed by atoms with van der Waals surface area (Å²) in [7, 11) is -1.98. The summed E-state index contributed by atoms with van der Waals surface area (Å²) in [4.78, 5) is 11.5. The summed E-state index contributed by atoms with van der Waals surface area (Å²) in [5.74, 6) is 0.809. The van der Waals surface area contributed by atoms with Crippen LogP contribution in [0.2, 0.25) is 0 Å². The van der Waals surface area contributed by atoms with Gasteiger partial charge in [0, 0.05) is 22.7 Å². The summed E-state index contributed by atoms with van der Waals surface area (Å²) in [5.41, 5.74) is 4.37. The SMILES string of the molecule is COc1cc(=C2C=c3ccccc3=N2)[nH]/c1=C/c1[nH]c(C)cc1C.CS(=O)(=O)O. The van der Waals surface area contributed by atoms with E-state index in [2.05, 4.69) is 48.1 Å². The number of aromatic nitrogens is 2. The Hall–Kier alpha value is -3.10. The van der Waals surface area contributed by atoms with Crippen molar-refractivity contribution in [2.24, 2.45) is 4.99 Å². The van der Waals surface area contributed by atoms with Crippen LogP contribution in [0.25, 0.3) is 17.8 Å². The molecule has 4 rings (SSSR count). The Labute approximate surface area is 168 Å². The molecule has 1 aliphatic rings. The van der Waals surface area contributed by atoms with Crippen LogP contribution in [0.3, 0.4) is 0 Å². The third-order valence-corrected chi connectivity index (χ3v) is 4.25. The van der Waals surface area contributed by atoms with Crippen LogP contribution in [0, 0.1) is 13.8 Å². The average molecular weight is 413 g/mol. The van der Waals surface area contributed by atoms with Gasteiger partial charge in [-0.2, -0.15) is 8.42 Å². The van der Waals surface area contributed by atoms with Crippen LogP contribution < -0.4 is 26.0 Å². The van der Waals surface area contributed by atoms with Gasteiger partial charge in [0.25, 0.3) is 10.1 Å². The van der Waals surface area contributed by atoms with Crippen LogP contribution in [0.5, 0.6) is 5.75 Å². The Morgan fingerprint density at radius 3 is 2.41 bits per heavy atom. The van der Waals surface area contributed by atoms with Crippen LogP contribution in [0.4, 0.5) is 0 Å². The molecule has 3 aromatic rings. The minimum absolute atomic E-state index is 0.715. The molecule has 8 heteroatoms. The van der Waals surface area contributed by atoms with Gasteiger partial charge >= 0.3 is 0 Å². The molecule has 3 heterocycles. The third kappa shape index (κ3) is 5.24. The molecule has 7 nitrogen and oxygen atoms in total. The normalized spacial score (nSPS) is 15.1. The number of hydrogen-bond acceptors (Lipinski definition) is 4. The van der Waals surface area contributed by atoms with Gasteiger partial charge in [-0.3, -0.25) is 4.55 Å². The molecule has 1 aliphatic heterocycles. The van der Waals surface area contributed by atoms with E-state index in [9.17, 15) is 8.42 Å². The number of fused-ring (bicyclic) bond motifs is 1. The van der Waals surface area contributed by atoms with Crippen molar-refractivity contribution >= 4 is 28.0 Å². The molecule has 2 aromatic heterocycles. The largest absolute Gasteiger partial charge is 0.494 e. The number of para-hydroxylation sites is 1. The van der Waals surface area contributed by atoms with Crippen molar-refractivity contribution in [2.75, 3.05) is 13.4 Å². The number of H-pyrrole nitrogens is 2. The Morgan fingerprint density at radius 2 is 1.83 bits per heavy atom. The van der Waals surface area contributed by atoms with E-state index < -0.39 is 10.1 Å². The molecular weight excluding hydrogens is 390 g/mol. The van der Waals surface area contributed by atoms with Crippen molar-refractivity contribution in [2.45, 2.75) is 13.8 Å². The van der Waals surface area contributed by atoms with Crippen LogP contribution in [-0.4, -0.2) is 36.3 Å². The van der Waals surface area contributed by atoms with Crippen molar-refractivity contribution in [3.05, 3.63) is 74.6 Å². The zero-order valence-electron chi connectivity index (χ0n) is 16.6. The summed E-state index contributed by atoms with van der Waals surface area (Å²) in [6.07, 6.45) is 4.88. The zero-order valence-corrected chi connectivity index (χ0v) is 17.5. The molecule has 0 fully saturated rings. The highest BCUT2D eigenvalue weighted by Gasteiger charge is 2.06. The molecule has 152 valence electrons. The van der Waals surface area contributed by atoms with E-state index in [0.717, 1.165) is 44.1 Å². The van der Waals surface area contributed by atoms with E-state index in [1.54, 1.807) is 7.11 Å². The molecule has 29 heavy (non-hydrogen) atoms. The molecule has 0 atom stereocenters. The standard InChI is InChI=1S/C20H19N3O.CH4O3S/c1-12-8-13(2)21-16(12)10-19-20(24-3)11-18(23-19)17-9-14-6-4-5-7-15(14)22-17;1-5(2,3)4/h4-11,21,23H,1-3H3;1H3,(H,2,3,4)/b18-17?,19-10+;. The predicted octanol–water partition coefficient (Wildman–Crippen LogP) is 0.523. The number of aromatic amines is 2. The molecule has 0 radical (unpaired) electrons. The molecule has 0 aliphatic carbocycles. The maximum Gasteiger partial charge on any atom is 0.261 e. The lowest BCUT2D eigenvalue weighted by atomic mass is 10.2. The van der Waals surface area contributed by atoms with Gasteiger partial charge < -0.3 is 14.7 Å². The van der Waals surface area contributed by atoms with Gasteiger partial charge in [0.1, 0.15) is 5.75 Å². The quantitative estimate of drug-likeness (QED) is 0.533. The van der Waals surface area contributed by atoms with Crippen molar-refractivity contribution < 1.29 is 17.7 Å². The molecule has 0 saturated heterocycles. The maximum atomic E-state index is 9.19. The first-order chi connectivity index (χ1) is 13.6. The lowest BCUT2D eigenvalue weighted by Crippen LogP contribution is -2.19. The smallest absolute Gasteiger partial charge is 0.261 e. The van der Waals surface area contributed by atoms with Crippen LogP contribution in [-0.2, 0) is 10.1 Å². The first-order valence-electron chi connectivity index (χ1n) is 8.87. The van der Waals surface area contributed by atoms with Crippen molar-refractivity contribution in [1.82, 2.24) is 9.97 Å². The van der Waals surface area contributed by atoms with E-state index in [-0.39, 0.29) is 0 Å². The fraction of sp³-hybridized carbons (Fsp3) is 0.190. The van der Waals surface area contributed by atoms with E-state index in [4.69, 9.17) is 14.3 Å². The van der Waals surface area contributed by atoms with Gasteiger partial charge in [-0.05, 0) is 43.7 Å². The van der Waals surface area contributed by atoms with Gasteiger partial charge in [0.15, 0.2) is 0 Å². The first kappa shape index (κ1) is 20.6. The number of benzene rings is 1. The topological polar surface area (TPSA) is 108 Å². The average Bonchev–Trinajstić information content (AvgIpc) is 3.30. The molecule has 0 amide bonds. The van der Waals surface area contributed by atoms with E-state index in [0.29, 0.717) is 6.26 Å². The summed E-state index contributed by atoms with van der Waals surface area (Å²) in [5, 5.41) is 4.03. The number of rotatable bonds is 2. The van der Waals surface area contributed by atoms with Crippen LogP contribution in [0.1, 0.15) is 17.0 Å². The Balaban J connectivity index is 0.000000431. The number of nitrogens with zero attached hydrogens (tertiary/aromatic N) is 1. The van der Waals surface area contributed by atoms with Crippen molar-refractivity contribution in [3.8, 4) is 5.75 Å². The summed E-state index contributed by atoms with van der Waals surface area (Å²) >= 11 is 0. The first-order valence-corrected chi connectivity index (χ1v) is 10.7. The maximum absolute atomic E-state index is 9.19. The van der Waals surface area contributed by atoms with E-state index >= 15 is 0 Å². The molecule has 0 spiro atoms. The number of nitrogens with one attached hydrogen (secondary N) is 2. The Morgan fingerprint density at radius 1 is 1.14 bits per heavy atom. The van der Waals surface area contributed by atoms with Crippen LogP contribution in [0.15, 0.2) is 41.4 Å². The Kier molecular flexibility index (Phi) is 5.76. The second-order valence-corrected chi connectivity index (χ2v) is 8.26. The minimum atomic E-state index is -3.67. The van der Waals surface area contributed by atoms with Crippen LogP contribution >= 0.6 is 0 Å². The lowest BCUT2D eigenvalue weighted by Gasteiger charge is -1.94. The minimum Gasteiger partial charge on any atom is -0.494 e. The highest BCUT2D eigenvalue weighted by molar-refractivity contribution is 7.85. The van der Waals surface area contributed by atoms with Gasteiger partial charge in [0.2, 0.25) is 0 Å². The number of hydrogen-bond donors (Lipinski definition) is 3. The summed E-state index contributed by atoms with van der Waals surface area (Å²) in [6.45, 7) is 4.15. The number of ether oxygens (including phenoxy) is 1. The molecular formula is C21H23N3O4S. The summed E-state index contributed by atoms with van der Waals surface area (Å²) in [6, 6.07) is 12.3. The van der Waals surface area contributed by atoms with Crippen molar-refractivity contribution in [3.63, 3.8) is 0 Å². The van der Waals surface area contributed by atoms with Crippen molar-refractivity contribution in [1.29, 1.82) is 0 Å². The lowest BCUT2D eigenvalue weighted by molar-refractivity contribution is 0.412. The fourth-order valence-electron chi connectivity index (χ4n) is 3.07. The van der Waals surface area contributed by atoms with E-state index in [1.165, 1.54) is 5.56 Å². The molecule has 3 N–H and O–H groups in total. The second-order valence-electron chi connectivity index (χ2n) is 6.79. The van der Waals surface area contributed by atoms with Gasteiger partial charge in [0.05, 0.1) is 35.1 Å². The third-order valence-electron chi connectivity index (χ3n) is 4.25. The summed E-state index contributed by atoms with van der Waals surface area (Å²) < 4.78 is 31.4. The highest BCUT2D eigenvalue weighted by atomic mass is 32.2. The zero-order chi connectivity index (χ0) is 21.2. The molecule has 0 saturated carbocycles. The van der Waals surface area contributed by atoms with E-state index in [1.807, 2.05) is 24.3 Å². The monoisotopic (exact) mass is 413 g/mol. The van der Waals surface area contributed by atoms with Gasteiger partial charge in [-0.25, -0.2) is 4.99 Å². The van der Waals surface area contributed by atoms with Gasteiger partial charge in [-0.15, -0.1) is 0 Å². The Bertz CT molecular complexity index is 1350. The number of methoxy groups -OCH3 is 1. The number of aryl methyl sites for hydroxylation is 2.